The molecule has 1 fully saturated rings. The van der Waals surface area contributed by atoms with Crippen LogP contribution in [0.5, 0.6) is 0 Å². The summed E-state index contributed by atoms with van der Waals surface area (Å²) in [6, 6.07) is 13.4. The Morgan fingerprint density at radius 1 is 1.22 bits per heavy atom. The summed E-state index contributed by atoms with van der Waals surface area (Å²) in [4.78, 5) is 27.9. The van der Waals surface area contributed by atoms with Crippen molar-refractivity contribution >= 4 is 23.4 Å². The Morgan fingerprint density at radius 2 is 1.91 bits per heavy atom. The molecular formula is C24H23ClFN3O3. The number of piperazine rings is 1. The van der Waals surface area contributed by atoms with E-state index in [4.69, 9.17) is 16.1 Å². The smallest absolute Gasteiger partial charge is 0.276 e. The molecule has 0 spiro atoms. The van der Waals surface area contributed by atoms with E-state index in [2.05, 4.69) is 10.5 Å². The van der Waals surface area contributed by atoms with Crippen LogP contribution < -0.4 is 5.32 Å². The average Bonchev–Trinajstić information content (AvgIpc) is 3.25. The van der Waals surface area contributed by atoms with Crippen LogP contribution in [0.25, 0.3) is 11.3 Å². The second-order valence-corrected chi connectivity index (χ2v) is 8.74. The van der Waals surface area contributed by atoms with E-state index in [1.54, 1.807) is 29.2 Å². The topological polar surface area (TPSA) is 75.4 Å². The van der Waals surface area contributed by atoms with Crippen molar-refractivity contribution < 1.29 is 18.5 Å². The molecule has 1 aliphatic rings. The summed E-state index contributed by atoms with van der Waals surface area (Å²) < 4.78 is 18.5. The van der Waals surface area contributed by atoms with Gasteiger partial charge in [-0.05, 0) is 54.3 Å². The molecule has 8 heteroatoms. The molecule has 1 aliphatic heterocycles. The lowest BCUT2D eigenvalue weighted by atomic mass is 9.95. The first-order valence-corrected chi connectivity index (χ1v) is 10.8. The van der Waals surface area contributed by atoms with Crippen molar-refractivity contribution in [2.24, 2.45) is 5.92 Å². The maximum atomic E-state index is 13.4. The number of hydrogen-bond donors (Lipinski definition) is 1. The van der Waals surface area contributed by atoms with Gasteiger partial charge in [-0.25, -0.2) is 4.39 Å². The summed E-state index contributed by atoms with van der Waals surface area (Å²) in [5, 5.41) is 7.55. The lowest BCUT2D eigenvalue weighted by Crippen LogP contribution is -2.58. The van der Waals surface area contributed by atoms with Crippen LogP contribution in [0.1, 0.15) is 42.4 Å². The fourth-order valence-corrected chi connectivity index (χ4v) is 3.97. The average molecular weight is 456 g/mol. The molecule has 0 radical (unpaired) electrons. The highest BCUT2D eigenvalue weighted by Crippen LogP contribution is 2.28. The number of carbonyl (C=O) groups is 2. The molecule has 2 heterocycles. The van der Waals surface area contributed by atoms with Gasteiger partial charge in [0, 0.05) is 23.2 Å². The minimum absolute atomic E-state index is 0.0997. The number of aromatic nitrogens is 1. The fraction of sp³-hybridized carbons (Fsp3) is 0.292. The summed E-state index contributed by atoms with van der Waals surface area (Å²) >= 11 is 5.99. The minimum Gasteiger partial charge on any atom is -0.355 e. The third kappa shape index (κ3) is 4.67. The molecule has 4 rings (SSSR count). The second kappa shape index (κ2) is 9.12. The number of halogens is 2. The lowest BCUT2D eigenvalue weighted by molar-refractivity contribution is -0.130. The van der Waals surface area contributed by atoms with Crippen molar-refractivity contribution in [3.05, 3.63) is 76.7 Å². The Morgan fingerprint density at radius 3 is 2.56 bits per heavy atom. The fourth-order valence-electron chi connectivity index (χ4n) is 3.84. The summed E-state index contributed by atoms with van der Waals surface area (Å²) in [7, 11) is 0. The normalized spacial score (nSPS) is 18.7. The van der Waals surface area contributed by atoms with Crippen molar-refractivity contribution in [3.8, 4) is 11.3 Å². The molecule has 0 saturated carbocycles. The predicted molar refractivity (Wildman–Crippen MR) is 119 cm³/mol. The highest BCUT2D eigenvalue weighted by atomic mass is 35.5. The number of amides is 2. The predicted octanol–water partition coefficient (Wildman–Crippen LogP) is 4.86. The zero-order valence-corrected chi connectivity index (χ0v) is 18.5. The molecular weight excluding hydrogens is 433 g/mol. The Bertz CT molecular complexity index is 1110. The van der Waals surface area contributed by atoms with Gasteiger partial charge in [0.05, 0.1) is 6.04 Å². The summed E-state index contributed by atoms with van der Waals surface area (Å²) in [6.45, 7) is 4.30. The monoisotopic (exact) mass is 455 g/mol. The van der Waals surface area contributed by atoms with Gasteiger partial charge in [0.25, 0.3) is 5.91 Å². The SMILES string of the molecule is CC(C)C[C@H]1C(=O)N[C@@H](c2ccc(Cl)cc2)CN1C(=O)c1cc(-c2ccc(F)cc2)on1. The first-order valence-electron chi connectivity index (χ1n) is 10.4. The van der Waals surface area contributed by atoms with E-state index in [-0.39, 0.29) is 35.3 Å². The van der Waals surface area contributed by atoms with Crippen molar-refractivity contribution in [3.63, 3.8) is 0 Å². The largest absolute Gasteiger partial charge is 0.355 e. The zero-order chi connectivity index (χ0) is 22.8. The van der Waals surface area contributed by atoms with Crippen molar-refractivity contribution in [1.82, 2.24) is 15.4 Å². The lowest BCUT2D eigenvalue weighted by Gasteiger charge is -2.40. The molecule has 1 saturated heterocycles. The number of nitrogens with zero attached hydrogens (tertiary/aromatic N) is 2. The summed E-state index contributed by atoms with van der Waals surface area (Å²) in [5.41, 5.74) is 1.56. The standard InChI is InChI=1S/C24H23ClFN3O3/c1-14(2)11-21-23(30)27-20(15-3-7-17(25)8-4-15)13-29(21)24(31)19-12-22(32-28-19)16-5-9-18(26)10-6-16/h3-10,12,14,20-21H,11,13H2,1-2H3,(H,27,30)/t20-,21+/m1/s1. The highest BCUT2D eigenvalue weighted by Gasteiger charge is 2.39. The molecule has 0 bridgehead atoms. The molecule has 2 atom stereocenters. The molecule has 0 unspecified atom stereocenters. The van der Waals surface area contributed by atoms with E-state index in [1.165, 1.54) is 18.2 Å². The van der Waals surface area contributed by atoms with Crippen LogP contribution in [-0.4, -0.2) is 34.5 Å². The maximum Gasteiger partial charge on any atom is 0.276 e. The van der Waals surface area contributed by atoms with Gasteiger partial charge in [0.15, 0.2) is 11.5 Å². The molecule has 6 nitrogen and oxygen atoms in total. The molecule has 1 N–H and O–H groups in total. The van der Waals surface area contributed by atoms with Gasteiger partial charge in [-0.15, -0.1) is 0 Å². The van der Waals surface area contributed by atoms with Gasteiger partial charge in [-0.3, -0.25) is 9.59 Å². The quantitative estimate of drug-likeness (QED) is 0.596. The van der Waals surface area contributed by atoms with E-state index >= 15 is 0 Å². The van der Waals surface area contributed by atoms with Crippen molar-refractivity contribution in [1.29, 1.82) is 0 Å². The molecule has 1 aromatic heterocycles. The van der Waals surface area contributed by atoms with Crippen LogP contribution in [0, 0.1) is 11.7 Å². The van der Waals surface area contributed by atoms with Crippen molar-refractivity contribution in [2.75, 3.05) is 6.54 Å². The first-order chi connectivity index (χ1) is 15.3. The van der Waals surface area contributed by atoms with Gasteiger partial charge in [-0.2, -0.15) is 0 Å². The third-order valence-electron chi connectivity index (χ3n) is 5.46. The van der Waals surface area contributed by atoms with Gasteiger partial charge in [0.1, 0.15) is 11.9 Å². The number of carbonyl (C=O) groups excluding carboxylic acids is 2. The Hall–Kier alpha value is -3.19. The maximum absolute atomic E-state index is 13.4. The van der Waals surface area contributed by atoms with Gasteiger partial charge in [-0.1, -0.05) is 42.7 Å². The molecule has 2 aromatic carbocycles. The number of benzene rings is 2. The third-order valence-corrected chi connectivity index (χ3v) is 5.71. The molecule has 0 aliphatic carbocycles. The van der Waals surface area contributed by atoms with Crippen LogP contribution in [-0.2, 0) is 4.79 Å². The number of hydrogen-bond acceptors (Lipinski definition) is 4. The molecule has 2 amide bonds. The van der Waals surface area contributed by atoms with E-state index in [0.717, 1.165) is 5.56 Å². The van der Waals surface area contributed by atoms with Gasteiger partial charge >= 0.3 is 0 Å². The molecule has 166 valence electrons. The van der Waals surface area contributed by atoms with Crippen LogP contribution in [0.2, 0.25) is 5.02 Å². The van der Waals surface area contributed by atoms with E-state index in [9.17, 15) is 14.0 Å². The summed E-state index contributed by atoms with van der Waals surface area (Å²) in [6.07, 6.45) is 0.521. The first kappa shape index (κ1) is 22.0. The van der Waals surface area contributed by atoms with Crippen LogP contribution in [0.15, 0.2) is 59.1 Å². The summed E-state index contributed by atoms with van der Waals surface area (Å²) in [5.74, 6) is -0.402. The number of nitrogens with one attached hydrogen (secondary N) is 1. The minimum atomic E-state index is -0.614. The second-order valence-electron chi connectivity index (χ2n) is 8.30. The van der Waals surface area contributed by atoms with Crippen molar-refractivity contribution in [2.45, 2.75) is 32.4 Å². The zero-order valence-electron chi connectivity index (χ0n) is 17.7. The van der Waals surface area contributed by atoms with E-state index < -0.39 is 6.04 Å². The van der Waals surface area contributed by atoms with E-state index in [1.807, 2.05) is 26.0 Å². The Labute approximate surface area is 190 Å². The Kier molecular flexibility index (Phi) is 6.28. The molecule has 32 heavy (non-hydrogen) atoms. The number of rotatable bonds is 5. The van der Waals surface area contributed by atoms with Crippen LogP contribution >= 0.6 is 11.6 Å². The highest BCUT2D eigenvalue weighted by molar-refractivity contribution is 6.30. The van der Waals surface area contributed by atoms with Crippen LogP contribution in [0.3, 0.4) is 0 Å². The Balaban J connectivity index is 1.62. The van der Waals surface area contributed by atoms with Gasteiger partial charge < -0.3 is 14.7 Å². The van der Waals surface area contributed by atoms with Crippen LogP contribution in [0.4, 0.5) is 4.39 Å². The van der Waals surface area contributed by atoms with E-state index in [0.29, 0.717) is 29.3 Å². The van der Waals surface area contributed by atoms with Gasteiger partial charge in [0.2, 0.25) is 5.91 Å². The molecule has 3 aromatic rings.